The molecular formula is C23H22FN9O. The summed E-state index contributed by atoms with van der Waals surface area (Å²) in [5.41, 5.74) is 0.421. The van der Waals surface area contributed by atoms with Crippen LogP contribution in [0.15, 0.2) is 52.1 Å². The van der Waals surface area contributed by atoms with Crippen LogP contribution in [0.3, 0.4) is 0 Å². The summed E-state index contributed by atoms with van der Waals surface area (Å²) in [6, 6.07) is 10.7. The van der Waals surface area contributed by atoms with E-state index < -0.39 is 23.4 Å². The highest BCUT2D eigenvalue weighted by Gasteiger charge is 2.43. The van der Waals surface area contributed by atoms with E-state index in [0.717, 1.165) is 5.52 Å². The monoisotopic (exact) mass is 459 g/mol. The van der Waals surface area contributed by atoms with Crippen LogP contribution in [0.5, 0.6) is 0 Å². The zero-order valence-electron chi connectivity index (χ0n) is 18.8. The van der Waals surface area contributed by atoms with E-state index in [1.807, 2.05) is 12.1 Å². The summed E-state index contributed by atoms with van der Waals surface area (Å²) in [4.78, 5) is 4.57. The molecule has 1 aliphatic heterocycles. The van der Waals surface area contributed by atoms with Gasteiger partial charge in [-0.15, -0.1) is 5.10 Å². The highest BCUT2D eigenvalue weighted by molar-refractivity contribution is 5.79. The number of nitriles is 2. The second-order valence-corrected chi connectivity index (χ2v) is 8.71. The maximum atomic E-state index is 15.0. The third-order valence-corrected chi connectivity index (χ3v) is 5.63. The van der Waals surface area contributed by atoms with Crippen LogP contribution in [-0.4, -0.2) is 43.7 Å². The zero-order valence-corrected chi connectivity index (χ0v) is 18.8. The summed E-state index contributed by atoms with van der Waals surface area (Å²) < 4.78 is 16.6. The number of alkyl halides is 1. The van der Waals surface area contributed by atoms with Crippen LogP contribution in [0.2, 0.25) is 0 Å². The van der Waals surface area contributed by atoms with Crippen molar-refractivity contribution in [1.29, 1.82) is 10.5 Å². The number of hydrogen-bond acceptors (Lipinski definition) is 9. The summed E-state index contributed by atoms with van der Waals surface area (Å²) in [6.07, 6.45) is 2.57. The molecular weight excluding hydrogens is 437 g/mol. The molecule has 2 N–H and O–H groups in total. The van der Waals surface area contributed by atoms with Crippen molar-refractivity contribution in [3.05, 3.63) is 47.8 Å². The smallest absolute Gasteiger partial charge is 0.152 e. The van der Waals surface area contributed by atoms with Crippen LogP contribution in [0.1, 0.15) is 38.3 Å². The number of hydrogen-bond donors (Lipinski definition) is 2. The SMILES string of the molecule is C[C@H](C#N)Nc1cc(-c2ccc3cc(C#N)cnn23)ncc1C1(C[C@@H](F)C(C)(C)O)C=NN=N1. The van der Waals surface area contributed by atoms with E-state index in [1.54, 1.807) is 23.6 Å². The standard InChI is InChI=1S/C23H22FN9O/c1-14(9-25)30-18-7-19(20-5-4-16-6-15(10-26)11-29-33(16)20)27-12-17(18)23(13-28-32-31-23)8-21(24)22(2,3)34/h4-7,11-14,21,34H,8H2,1-3H3,(H,27,30)/t14-,21-,23?/m1/s1. The van der Waals surface area contributed by atoms with Gasteiger partial charge in [0.05, 0.1) is 46.5 Å². The molecule has 172 valence electrons. The number of rotatable bonds is 7. The van der Waals surface area contributed by atoms with Gasteiger partial charge in [0.25, 0.3) is 0 Å². The first-order chi connectivity index (χ1) is 16.2. The van der Waals surface area contributed by atoms with Crippen molar-refractivity contribution in [3.63, 3.8) is 0 Å². The first-order valence-corrected chi connectivity index (χ1v) is 10.5. The number of halogens is 1. The van der Waals surface area contributed by atoms with Crippen LogP contribution in [0.25, 0.3) is 16.9 Å². The maximum absolute atomic E-state index is 15.0. The fraction of sp³-hybridized carbons (Fsp3) is 0.348. The number of fused-ring (bicyclic) bond motifs is 1. The van der Waals surface area contributed by atoms with Gasteiger partial charge in [-0.25, -0.2) is 8.91 Å². The van der Waals surface area contributed by atoms with Gasteiger partial charge in [-0.2, -0.15) is 20.7 Å². The predicted octanol–water partition coefficient (Wildman–Crippen LogP) is 3.74. The van der Waals surface area contributed by atoms with E-state index in [4.69, 9.17) is 5.26 Å². The Kier molecular flexibility index (Phi) is 5.82. The lowest BCUT2D eigenvalue weighted by Crippen LogP contribution is -2.39. The minimum atomic E-state index is -1.63. The number of nitrogens with zero attached hydrogens (tertiary/aromatic N) is 8. The van der Waals surface area contributed by atoms with Crippen LogP contribution in [-0.2, 0) is 5.54 Å². The molecule has 0 saturated carbocycles. The van der Waals surface area contributed by atoms with Gasteiger partial charge < -0.3 is 10.4 Å². The zero-order chi connectivity index (χ0) is 24.5. The van der Waals surface area contributed by atoms with E-state index in [1.165, 1.54) is 32.5 Å². The molecule has 3 aromatic heterocycles. The minimum Gasteiger partial charge on any atom is -0.387 e. The van der Waals surface area contributed by atoms with E-state index in [-0.39, 0.29) is 6.42 Å². The summed E-state index contributed by atoms with van der Waals surface area (Å²) in [5.74, 6) is 0. The third-order valence-electron chi connectivity index (χ3n) is 5.63. The molecule has 0 bridgehead atoms. The predicted molar refractivity (Wildman–Crippen MR) is 123 cm³/mol. The maximum Gasteiger partial charge on any atom is 0.152 e. The summed E-state index contributed by atoms with van der Waals surface area (Å²) in [7, 11) is 0. The van der Waals surface area contributed by atoms with Gasteiger partial charge in [0, 0.05) is 23.9 Å². The molecule has 1 unspecified atom stereocenters. The topological polar surface area (TPSA) is 147 Å². The van der Waals surface area contributed by atoms with Crippen LogP contribution < -0.4 is 5.32 Å². The van der Waals surface area contributed by atoms with Crippen molar-refractivity contribution in [1.82, 2.24) is 14.6 Å². The molecule has 0 radical (unpaired) electrons. The van der Waals surface area contributed by atoms with Crippen LogP contribution in [0, 0.1) is 22.7 Å². The molecule has 0 fully saturated rings. The van der Waals surface area contributed by atoms with Crippen LogP contribution in [0.4, 0.5) is 10.1 Å². The average molecular weight is 459 g/mol. The molecule has 4 rings (SSSR count). The van der Waals surface area contributed by atoms with Gasteiger partial charge >= 0.3 is 0 Å². The molecule has 3 aromatic rings. The lowest BCUT2D eigenvalue weighted by Gasteiger charge is -2.31. The molecule has 0 saturated heterocycles. The van der Waals surface area contributed by atoms with Crippen molar-refractivity contribution >= 4 is 17.4 Å². The van der Waals surface area contributed by atoms with Crippen molar-refractivity contribution in [2.24, 2.45) is 15.4 Å². The van der Waals surface area contributed by atoms with Gasteiger partial charge in [-0.05, 0) is 50.3 Å². The Hall–Kier alpha value is -4.22. The molecule has 0 amide bonds. The fourth-order valence-electron chi connectivity index (χ4n) is 3.68. The summed E-state index contributed by atoms with van der Waals surface area (Å²) in [5, 5.41) is 47.9. The van der Waals surface area contributed by atoms with Crippen molar-refractivity contribution in [2.45, 2.75) is 50.5 Å². The molecule has 4 heterocycles. The van der Waals surface area contributed by atoms with Gasteiger partial charge in [-0.1, -0.05) is 0 Å². The van der Waals surface area contributed by atoms with E-state index in [2.05, 4.69) is 43.0 Å². The second-order valence-electron chi connectivity index (χ2n) is 8.71. The molecule has 0 aromatic carbocycles. The largest absolute Gasteiger partial charge is 0.387 e. The highest BCUT2D eigenvalue weighted by Crippen LogP contribution is 2.40. The first-order valence-electron chi connectivity index (χ1n) is 10.5. The van der Waals surface area contributed by atoms with Gasteiger partial charge in [0.2, 0.25) is 0 Å². The second kappa shape index (κ2) is 8.61. The number of nitrogens with one attached hydrogen (secondary N) is 1. The quantitative estimate of drug-likeness (QED) is 0.550. The van der Waals surface area contributed by atoms with E-state index in [9.17, 15) is 14.8 Å². The molecule has 3 atom stereocenters. The molecule has 0 spiro atoms. The number of aromatic nitrogens is 3. The lowest BCUT2D eigenvalue weighted by atomic mass is 9.82. The molecule has 10 nitrogen and oxygen atoms in total. The van der Waals surface area contributed by atoms with Gasteiger partial charge in [0.15, 0.2) is 5.54 Å². The number of anilines is 1. The molecule has 1 aliphatic rings. The Morgan fingerprint density at radius 1 is 1.26 bits per heavy atom. The van der Waals surface area contributed by atoms with Gasteiger partial charge in [0.1, 0.15) is 18.3 Å². The first kappa shape index (κ1) is 23.0. The molecule has 34 heavy (non-hydrogen) atoms. The Morgan fingerprint density at radius 2 is 2.06 bits per heavy atom. The van der Waals surface area contributed by atoms with Crippen LogP contribution >= 0.6 is 0 Å². The Bertz CT molecular complexity index is 1360. The Labute approximate surface area is 195 Å². The van der Waals surface area contributed by atoms with Gasteiger partial charge in [-0.3, -0.25) is 4.98 Å². The Balaban J connectivity index is 1.83. The Morgan fingerprint density at radius 3 is 2.71 bits per heavy atom. The summed E-state index contributed by atoms with van der Waals surface area (Å²) >= 11 is 0. The number of aliphatic hydroxyl groups is 1. The van der Waals surface area contributed by atoms with E-state index in [0.29, 0.717) is 28.2 Å². The fourth-order valence-corrected chi connectivity index (χ4v) is 3.68. The van der Waals surface area contributed by atoms with E-state index >= 15 is 0 Å². The van der Waals surface area contributed by atoms with Crippen molar-refractivity contribution < 1.29 is 9.50 Å². The highest BCUT2D eigenvalue weighted by atomic mass is 19.1. The summed E-state index contributed by atoms with van der Waals surface area (Å²) in [6.45, 7) is 4.46. The van der Waals surface area contributed by atoms with Crippen molar-refractivity contribution in [3.8, 4) is 23.5 Å². The third kappa shape index (κ3) is 4.21. The molecule has 0 aliphatic carbocycles. The minimum absolute atomic E-state index is 0.216. The van der Waals surface area contributed by atoms with Crippen molar-refractivity contribution in [2.75, 3.05) is 5.32 Å². The lowest BCUT2D eigenvalue weighted by molar-refractivity contribution is -0.0121. The number of pyridine rings is 1. The normalized spacial score (nSPS) is 19.0. The molecule has 11 heteroatoms. The average Bonchev–Trinajstić information content (AvgIpc) is 3.45.